The molecule has 0 aliphatic heterocycles. The predicted octanol–water partition coefficient (Wildman–Crippen LogP) is 2.12. The van der Waals surface area contributed by atoms with Crippen molar-refractivity contribution in [1.29, 1.82) is 0 Å². The van der Waals surface area contributed by atoms with Gasteiger partial charge in [0, 0.05) is 6.54 Å². The first-order valence-electron chi connectivity index (χ1n) is 6.59. The van der Waals surface area contributed by atoms with Crippen molar-refractivity contribution in [2.45, 2.75) is 26.1 Å². The molecule has 2 N–H and O–H groups in total. The van der Waals surface area contributed by atoms with Gasteiger partial charge in [0.2, 0.25) is 10.0 Å². The minimum atomic E-state index is -4.43. The molecule has 4 nitrogen and oxygen atoms in total. The van der Waals surface area contributed by atoms with E-state index < -0.39 is 21.8 Å². The van der Waals surface area contributed by atoms with E-state index >= 15 is 0 Å². The van der Waals surface area contributed by atoms with Crippen molar-refractivity contribution in [2.75, 3.05) is 18.8 Å². The van der Waals surface area contributed by atoms with Crippen LogP contribution >= 0.6 is 0 Å². The standard InChI is InChI=1S/C13H19F3N2O2S/c1-2-17-7-4-8-21(19,20)18-10-11-5-3-6-12(9-11)13(14,15)16/h3,5-6,9,17-18H,2,4,7-8,10H2,1H3. The topological polar surface area (TPSA) is 58.2 Å². The number of halogens is 3. The minimum absolute atomic E-state index is 0.0566. The quantitative estimate of drug-likeness (QED) is 0.720. The molecular weight excluding hydrogens is 305 g/mol. The summed E-state index contributed by atoms with van der Waals surface area (Å²) in [5, 5.41) is 3.00. The second-order valence-corrected chi connectivity index (χ2v) is 6.47. The summed E-state index contributed by atoms with van der Waals surface area (Å²) in [6.07, 6.45) is -3.98. The third-order valence-corrected chi connectivity index (χ3v) is 4.18. The van der Waals surface area contributed by atoms with E-state index in [2.05, 4.69) is 10.0 Å². The number of sulfonamides is 1. The zero-order valence-corrected chi connectivity index (χ0v) is 12.5. The van der Waals surface area contributed by atoms with Gasteiger partial charge in [-0.1, -0.05) is 25.1 Å². The first-order valence-corrected chi connectivity index (χ1v) is 8.24. The van der Waals surface area contributed by atoms with Gasteiger partial charge in [0.15, 0.2) is 0 Å². The average Bonchev–Trinajstić information content (AvgIpc) is 2.41. The summed E-state index contributed by atoms with van der Waals surface area (Å²) in [4.78, 5) is 0. The SMILES string of the molecule is CCNCCCS(=O)(=O)NCc1cccc(C(F)(F)F)c1. The van der Waals surface area contributed by atoms with Crippen LogP contribution in [0.4, 0.5) is 13.2 Å². The van der Waals surface area contributed by atoms with Crippen LogP contribution in [0.2, 0.25) is 0 Å². The maximum atomic E-state index is 12.5. The molecular formula is C13H19F3N2O2S. The lowest BCUT2D eigenvalue weighted by molar-refractivity contribution is -0.137. The fourth-order valence-corrected chi connectivity index (χ4v) is 2.74. The van der Waals surface area contributed by atoms with Gasteiger partial charge < -0.3 is 5.32 Å². The van der Waals surface area contributed by atoms with Gasteiger partial charge >= 0.3 is 6.18 Å². The molecule has 1 aromatic carbocycles. The minimum Gasteiger partial charge on any atom is -0.317 e. The van der Waals surface area contributed by atoms with Crippen LogP contribution in [-0.2, 0) is 22.7 Å². The number of nitrogens with one attached hydrogen (secondary N) is 2. The molecule has 0 aliphatic rings. The molecule has 0 radical (unpaired) electrons. The van der Waals surface area contributed by atoms with Crippen LogP contribution in [0.3, 0.4) is 0 Å². The molecule has 8 heteroatoms. The van der Waals surface area contributed by atoms with Crippen molar-refractivity contribution in [3.63, 3.8) is 0 Å². The van der Waals surface area contributed by atoms with Crippen molar-refractivity contribution in [2.24, 2.45) is 0 Å². The molecule has 0 saturated carbocycles. The molecule has 120 valence electrons. The Balaban J connectivity index is 2.54. The summed E-state index contributed by atoms with van der Waals surface area (Å²) in [5.74, 6) is -0.0566. The van der Waals surface area contributed by atoms with Crippen LogP contribution < -0.4 is 10.0 Å². The van der Waals surface area contributed by atoms with E-state index in [1.165, 1.54) is 12.1 Å². The Morgan fingerprint density at radius 3 is 2.57 bits per heavy atom. The number of benzene rings is 1. The van der Waals surface area contributed by atoms with Crippen LogP contribution in [0.25, 0.3) is 0 Å². The Morgan fingerprint density at radius 1 is 1.24 bits per heavy atom. The summed E-state index contributed by atoms with van der Waals surface area (Å²) >= 11 is 0. The molecule has 0 bridgehead atoms. The first-order chi connectivity index (χ1) is 9.74. The van der Waals surface area contributed by atoms with Crippen molar-refractivity contribution >= 4 is 10.0 Å². The Morgan fingerprint density at radius 2 is 1.95 bits per heavy atom. The Hall–Kier alpha value is -1.12. The van der Waals surface area contributed by atoms with E-state index in [9.17, 15) is 21.6 Å². The highest BCUT2D eigenvalue weighted by molar-refractivity contribution is 7.89. The molecule has 0 fully saturated rings. The molecule has 0 atom stereocenters. The van der Waals surface area contributed by atoms with Crippen LogP contribution in [-0.4, -0.2) is 27.3 Å². The predicted molar refractivity (Wildman–Crippen MR) is 75.2 cm³/mol. The summed E-state index contributed by atoms with van der Waals surface area (Å²) in [6, 6.07) is 4.61. The van der Waals surface area contributed by atoms with Gasteiger partial charge in [-0.05, 0) is 31.1 Å². The van der Waals surface area contributed by atoms with E-state index in [4.69, 9.17) is 0 Å². The fourth-order valence-electron chi connectivity index (χ4n) is 1.69. The molecule has 0 heterocycles. The average molecular weight is 324 g/mol. The van der Waals surface area contributed by atoms with E-state index in [1.54, 1.807) is 0 Å². The van der Waals surface area contributed by atoms with Crippen molar-refractivity contribution in [3.8, 4) is 0 Å². The molecule has 1 aromatic rings. The van der Waals surface area contributed by atoms with Crippen molar-refractivity contribution in [1.82, 2.24) is 10.0 Å². The van der Waals surface area contributed by atoms with E-state index in [0.29, 0.717) is 13.0 Å². The molecule has 0 unspecified atom stereocenters. The second-order valence-electron chi connectivity index (χ2n) is 4.55. The molecule has 0 amide bonds. The van der Waals surface area contributed by atoms with E-state index in [1.807, 2.05) is 6.92 Å². The van der Waals surface area contributed by atoms with Crippen LogP contribution in [0.1, 0.15) is 24.5 Å². The molecule has 1 rings (SSSR count). The third-order valence-electron chi connectivity index (χ3n) is 2.77. The van der Waals surface area contributed by atoms with Gasteiger partial charge in [0.25, 0.3) is 0 Å². The van der Waals surface area contributed by atoms with Crippen molar-refractivity contribution in [3.05, 3.63) is 35.4 Å². The van der Waals surface area contributed by atoms with Gasteiger partial charge in [-0.15, -0.1) is 0 Å². The lowest BCUT2D eigenvalue weighted by atomic mass is 10.1. The molecule has 0 aromatic heterocycles. The highest BCUT2D eigenvalue weighted by Gasteiger charge is 2.30. The normalized spacial score (nSPS) is 12.6. The van der Waals surface area contributed by atoms with Crippen LogP contribution in [0.5, 0.6) is 0 Å². The van der Waals surface area contributed by atoms with Crippen LogP contribution in [0.15, 0.2) is 24.3 Å². The van der Waals surface area contributed by atoms with Gasteiger partial charge in [0.05, 0.1) is 11.3 Å². The van der Waals surface area contributed by atoms with Gasteiger partial charge in [-0.2, -0.15) is 13.2 Å². The zero-order chi connectivity index (χ0) is 15.9. The first kappa shape index (κ1) is 17.9. The van der Waals surface area contributed by atoms with E-state index in [-0.39, 0.29) is 17.9 Å². The molecule has 21 heavy (non-hydrogen) atoms. The summed E-state index contributed by atoms with van der Waals surface area (Å²) in [7, 11) is -3.48. The maximum absolute atomic E-state index is 12.5. The second kappa shape index (κ2) is 7.77. The van der Waals surface area contributed by atoms with Gasteiger partial charge in [-0.25, -0.2) is 13.1 Å². The smallest absolute Gasteiger partial charge is 0.317 e. The van der Waals surface area contributed by atoms with Crippen molar-refractivity contribution < 1.29 is 21.6 Å². The number of rotatable bonds is 8. The lowest BCUT2D eigenvalue weighted by Gasteiger charge is -2.10. The monoisotopic (exact) mass is 324 g/mol. The van der Waals surface area contributed by atoms with E-state index in [0.717, 1.165) is 18.7 Å². The summed E-state index contributed by atoms with van der Waals surface area (Å²) in [5.41, 5.74) is -0.508. The fraction of sp³-hybridized carbons (Fsp3) is 0.538. The van der Waals surface area contributed by atoms with Crippen LogP contribution in [0, 0.1) is 0 Å². The highest BCUT2D eigenvalue weighted by atomic mass is 32.2. The molecule has 0 aliphatic carbocycles. The number of alkyl halides is 3. The molecule has 0 saturated heterocycles. The van der Waals surface area contributed by atoms with Gasteiger partial charge in [-0.3, -0.25) is 0 Å². The Bertz CT molecular complexity index is 545. The Kier molecular flexibility index (Phi) is 6.63. The largest absolute Gasteiger partial charge is 0.416 e. The lowest BCUT2D eigenvalue weighted by Crippen LogP contribution is -2.28. The molecule has 0 spiro atoms. The van der Waals surface area contributed by atoms with Gasteiger partial charge in [0.1, 0.15) is 0 Å². The number of hydrogen-bond acceptors (Lipinski definition) is 3. The zero-order valence-electron chi connectivity index (χ0n) is 11.7. The third kappa shape index (κ3) is 6.92. The number of hydrogen-bond donors (Lipinski definition) is 2. The Labute approximate surface area is 122 Å². The highest BCUT2D eigenvalue weighted by Crippen LogP contribution is 2.29. The maximum Gasteiger partial charge on any atom is 0.416 e. The summed E-state index contributed by atoms with van der Waals surface area (Å²) in [6.45, 7) is 3.12. The summed E-state index contributed by atoms with van der Waals surface area (Å²) < 4.78 is 63.3.